The molecule has 4 aliphatic carbocycles. The molecule has 1 N–H and O–H groups in total. The second kappa shape index (κ2) is 5.86. The van der Waals surface area contributed by atoms with Crippen molar-refractivity contribution in [2.75, 3.05) is 12.3 Å². The highest BCUT2D eigenvalue weighted by Gasteiger charge is 2.53. The molecule has 0 aromatic carbocycles. The molecule has 5 rings (SSSR count). The van der Waals surface area contributed by atoms with Gasteiger partial charge in [-0.05, 0) is 68.2 Å². The second-order valence-electron chi connectivity index (χ2n) is 7.50. The average Bonchev–Trinajstić information content (AvgIpc) is 2.95. The van der Waals surface area contributed by atoms with Crippen LogP contribution in [0, 0.1) is 23.2 Å². The normalized spacial score (nSPS) is 38.8. The molecule has 0 saturated heterocycles. The summed E-state index contributed by atoms with van der Waals surface area (Å²) in [6, 6.07) is 0.685. The minimum Gasteiger partial charge on any atom is -0.313 e. The number of nitrogens with one attached hydrogen (secondary N) is 1. The predicted molar refractivity (Wildman–Crippen MR) is 90.9 cm³/mol. The SMILES string of the molecule is CCNC(CSc1nccs1)C12CC3CC(CC(C3)C1)C2. The molecule has 1 atom stereocenters. The van der Waals surface area contributed by atoms with Crippen LogP contribution in [0.15, 0.2) is 15.9 Å². The molecule has 0 spiro atoms. The Morgan fingerprint density at radius 1 is 1.29 bits per heavy atom. The number of hydrogen-bond donors (Lipinski definition) is 1. The number of nitrogens with zero attached hydrogens (tertiary/aromatic N) is 1. The molecule has 2 nitrogen and oxygen atoms in total. The Kier molecular flexibility index (Phi) is 4.05. The fourth-order valence-corrected chi connectivity index (χ4v) is 7.66. The molecule has 4 bridgehead atoms. The zero-order valence-corrected chi connectivity index (χ0v) is 14.5. The maximum absolute atomic E-state index is 4.45. The molecule has 0 amide bonds. The number of rotatable bonds is 6. The first-order valence-electron chi connectivity index (χ1n) is 8.53. The highest BCUT2D eigenvalue weighted by Crippen LogP contribution is 2.61. The third-order valence-corrected chi connectivity index (χ3v) is 8.12. The Labute approximate surface area is 136 Å². The molecule has 4 aliphatic rings. The molecule has 21 heavy (non-hydrogen) atoms. The molecule has 1 aromatic rings. The van der Waals surface area contributed by atoms with Crippen molar-refractivity contribution in [2.45, 2.75) is 55.8 Å². The molecule has 1 aromatic heterocycles. The van der Waals surface area contributed by atoms with Gasteiger partial charge in [-0.2, -0.15) is 0 Å². The first kappa shape index (κ1) is 14.5. The van der Waals surface area contributed by atoms with E-state index in [-0.39, 0.29) is 0 Å². The number of thioether (sulfide) groups is 1. The van der Waals surface area contributed by atoms with Gasteiger partial charge in [-0.15, -0.1) is 11.3 Å². The van der Waals surface area contributed by atoms with E-state index in [4.69, 9.17) is 0 Å². The molecular formula is C17H26N2S2. The standard InChI is InChI=1S/C17H26N2S2/c1-2-18-15(11-21-16-19-3-4-20-16)17-8-12-5-13(9-17)7-14(6-12)10-17/h3-4,12-15,18H,2,5-11H2,1H3. The van der Waals surface area contributed by atoms with Gasteiger partial charge in [-0.25, -0.2) is 4.98 Å². The monoisotopic (exact) mass is 322 g/mol. The summed E-state index contributed by atoms with van der Waals surface area (Å²) in [4.78, 5) is 4.45. The number of thiazole rings is 1. The molecular weight excluding hydrogens is 296 g/mol. The molecule has 0 aliphatic heterocycles. The summed E-state index contributed by atoms with van der Waals surface area (Å²) in [5.74, 6) is 4.33. The molecule has 116 valence electrons. The Balaban J connectivity index is 1.50. The summed E-state index contributed by atoms with van der Waals surface area (Å²) in [6.45, 7) is 3.37. The first-order valence-corrected chi connectivity index (χ1v) is 10.4. The van der Waals surface area contributed by atoms with Crippen molar-refractivity contribution in [1.82, 2.24) is 10.3 Å². The zero-order valence-electron chi connectivity index (χ0n) is 12.9. The maximum Gasteiger partial charge on any atom is 0.149 e. The summed E-state index contributed by atoms with van der Waals surface area (Å²) in [5, 5.41) is 5.95. The summed E-state index contributed by atoms with van der Waals surface area (Å²) < 4.78 is 1.24. The lowest BCUT2D eigenvalue weighted by atomic mass is 9.48. The lowest BCUT2D eigenvalue weighted by Crippen LogP contribution is -2.56. The van der Waals surface area contributed by atoms with Gasteiger partial charge in [0.25, 0.3) is 0 Å². The molecule has 1 unspecified atom stereocenters. The van der Waals surface area contributed by atoms with E-state index < -0.39 is 0 Å². The Hall–Kier alpha value is -0.0600. The highest BCUT2D eigenvalue weighted by atomic mass is 32.2. The van der Waals surface area contributed by atoms with Crippen LogP contribution in [0.4, 0.5) is 0 Å². The van der Waals surface area contributed by atoms with Crippen LogP contribution < -0.4 is 5.32 Å². The molecule has 0 radical (unpaired) electrons. The van der Waals surface area contributed by atoms with Crippen molar-refractivity contribution >= 4 is 23.1 Å². The van der Waals surface area contributed by atoms with Crippen molar-refractivity contribution in [3.8, 4) is 0 Å². The van der Waals surface area contributed by atoms with Gasteiger partial charge < -0.3 is 5.32 Å². The van der Waals surface area contributed by atoms with Gasteiger partial charge in [0.05, 0.1) is 0 Å². The van der Waals surface area contributed by atoms with Gasteiger partial charge in [-0.1, -0.05) is 18.7 Å². The third kappa shape index (κ3) is 2.79. The molecule has 4 heteroatoms. The minimum absolute atomic E-state index is 0.606. The number of aromatic nitrogens is 1. The minimum atomic E-state index is 0.606. The van der Waals surface area contributed by atoms with Gasteiger partial charge in [0, 0.05) is 23.4 Å². The fourth-order valence-electron chi connectivity index (χ4n) is 5.74. The van der Waals surface area contributed by atoms with Gasteiger partial charge >= 0.3 is 0 Å². The van der Waals surface area contributed by atoms with E-state index in [2.05, 4.69) is 22.6 Å². The maximum atomic E-state index is 4.45. The summed E-state index contributed by atoms with van der Waals surface area (Å²) in [5.41, 5.74) is 0.606. The van der Waals surface area contributed by atoms with Crippen LogP contribution >= 0.6 is 23.1 Å². The fraction of sp³-hybridized carbons (Fsp3) is 0.824. The Bertz CT molecular complexity index is 436. The second-order valence-corrected chi connectivity index (χ2v) is 9.66. The van der Waals surface area contributed by atoms with E-state index in [1.54, 1.807) is 11.3 Å². The summed E-state index contributed by atoms with van der Waals surface area (Å²) in [7, 11) is 0. The van der Waals surface area contributed by atoms with Crippen LogP contribution in [0.25, 0.3) is 0 Å². The quantitative estimate of drug-likeness (QED) is 0.784. The Morgan fingerprint density at radius 3 is 2.48 bits per heavy atom. The van der Waals surface area contributed by atoms with E-state index in [1.165, 1.54) is 48.6 Å². The lowest BCUT2D eigenvalue weighted by molar-refractivity contribution is -0.0691. The molecule has 4 fully saturated rings. The van der Waals surface area contributed by atoms with Crippen LogP contribution in [-0.4, -0.2) is 23.3 Å². The summed E-state index contributed by atoms with van der Waals surface area (Å²) in [6.07, 6.45) is 11.0. The van der Waals surface area contributed by atoms with Crippen molar-refractivity contribution in [3.05, 3.63) is 11.6 Å². The van der Waals surface area contributed by atoms with E-state index in [1.807, 2.05) is 18.0 Å². The number of hydrogen-bond acceptors (Lipinski definition) is 4. The van der Waals surface area contributed by atoms with Crippen molar-refractivity contribution in [3.63, 3.8) is 0 Å². The third-order valence-electron chi connectivity index (χ3n) is 6.06. The van der Waals surface area contributed by atoms with Crippen LogP contribution in [0.2, 0.25) is 0 Å². The van der Waals surface area contributed by atoms with Gasteiger partial charge in [0.15, 0.2) is 0 Å². The van der Waals surface area contributed by atoms with E-state index in [9.17, 15) is 0 Å². The van der Waals surface area contributed by atoms with Crippen LogP contribution in [-0.2, 0) is 0 Å². The van der Waals surface area contributed by atoms with Gasteiger partial charge in [-0.3, -0.25) is 0 Å². The van der Waals surface area contributed by atoms with E-state index in [0.717, 1.165) is 24.3 Å². The van der Waals surface area contributed by atoms with Crippen molar-refractivity contribution < 1.29 is 0 Å². The molecule has 1 heterocycles. The molecule has 4 saturated carbocycles. The van der Waals surface area contributed by atoms with Crippen molar-refractivity contribution in [2.24, 2.45) is 23.2 Å². The van der Waals surface area contributed by atoms with Gasteiger partial charge in [0.2, 0.25) is 0 Å². The van der Waals surface area contributed by atoms with Crippen LogP contribution in [0.5, 0.6) is 0 Å². The van der Waals surface area contributed by atoms with Crippen LogP contribution in [0.3, 0.4) is 0 Å². The Morgan fingerprint density at radius 2 is 1.95 bits per heavy atom. The zero-order chi connectivity index (χ0) is 14.3. The van der Waals surface area contributed by atoms with Gasteiger partial charge in [0.1, 0.15) is 4.34 Å². The average molecular weight is 323 g/mol. The van der Waals surface area contributed by atoms with E-state index in [0.29, 0.717) is 11.5 Å². The first-order chi connectivity index (χ1) is 10.3. The highest BCUT2D eigenvalue weighted by molar-refractivity contribution is 8.01. The lowest BCUT2D eigenvalue weighted by Gasteiger charge is -2.59. The summed E-state index contributed by atoms with van der Waals surface area (Å²) >= 11 is 3.75. The predicted octanol–water partition coefficient (Wildman–Crippen LogP) is 4.43. The smallest absolute Gasteiger partial charge is 0.149 e. The topological polar surface area (TPSA) is 24.9 Å². The van der Waals surface area contributed by atoms with E-state index >= 15 is 0 Å². The largest absolute Gasteiger partial charge is 0.313 e. The van der Waals surface area contributed by atoms with Crippen molar-refractivity contribution in [1.29, 1.82) is 0 Å². The van der Waals surface area contributed by atoms with Crippen LogP contribution in [0.1, 0.15) is 45.4 Å².